The Morgan fingerprint density at radius 3 is 2.44 bits per heavy atom. The van der Waals surface area contributed by atoms with Crippen LogP contribution in [0.3, 0.4) is 0 Å². The molecular formula is C20H21ClN4OS. The van der Waals surface area contributed by atoms with E-state index in [0.29, 0.717) is 10.2 Å². The van der Waals surface area contributed by atoms with Crippen LogP contribution >= 0.6 is 23.4 Å². The third kappa shape index (κ3) is 4.70. The van der Waals surface area contributed by atoms with E-state index in [-0.39, 0.29) is 11.2 Å². The van der Waals surface area contributed by atoms with Crippen molar-refractivity contribution in [3.05, 3.63) is 59.1 Å². The number of nitrogens with zero attached hydrogens (tertiary/aromatic N) is 3. The largest absolute Gasteiger partial charge is 0.325 e. The summed E-state index contributed by atoms with van der Waals surface area (Å²) in [5, 5.41) is 12.5. The highest BCUT2D eigenvalue weighted by atomic mass is 35.5. The maximum absolute atomic E-state index is 12.5. The van der Waals surface area contributed by atoms with E-state index in [1.54, 1.807) is 0 Å². The zero-order valence-electron chi connectivity index (χ0n) is 15.4. The number of amides is 1. The van der Waals surface area contributed by atoms with Crippen LogP contribution in [-0.4, -0.2) is 25.9 Å². The molecule has 1 N–H and O–H groups in total. The molecule has 3 aromatic rings. The fourth-order valence-electron chi connectivity index (χ4n) is 2.55. The zero-order chi connectivity index (χ0) is 19.4. The van der Waals surface area contributed by atoms with Gasteiger partial charge in [0, 0.05) is 23.3 Å². The van der Waals surface area contributed by atoms with Crippen LogP contribution in [0.15, 0.2) is 53.7 Å². The van der Waals surface area contributed by atoms with E-state index in [1.165, 1.54) is 17.3 Å². The van der Waals surface area contributed by atoms with Crippen molar-refractivity contribution in [2.75, 3.05) is 5.32 Å². The van der Waals surface area contributed by atoms with Gasteiger partial charge >= 0.3 is 0 Å². The second kappa shape index (κ2) is 8.59. The van der Waals surface area contributed by atoms with Gasteiger partial charge in [-0.15, -0.1) is 10.2 Å². The number of aromatic nitrogens is 3. The third-order valence-corrected chi connectivity index (χ3v) is 5.60. The van der Waals surface area contributed by atoms with Gasteiger partial charge in [-0.3, -0.25) is 4.79 Å². The maximum atomic E-state index is 12.5. The van der Waals surface area contributed by atoms with Gasteiger partial charge in [0.1, 0.15) is 0 Å². The average Bonchev–Trinajstić information content (AvgIpc) is 3.03. The van der Waals surface area contributed by atoms with Crippen LogP contribution in [0, 0.1) is 0 Å². The SMILES string of the molecule is CCc1ccc(NC(=O)C(C)Sc2nnc(-c3ccc(Cl)cc3)n2C)cc1. The minimum absolute atomic E-state index is 0.0692. The van der Waals surface area contributed by atoms with Gasteiger partial charge in [-0.1, -0.05) is 42.4 Å². The topological polar surface area (TPSA) is 59.8 Å². The van der Waals surface area contributed by atoms with Crippen molar-refractivity contribution in [3.8, 4) is 11.4 Å². The molecule has 0 aliphatic rings. The number of hydrogen-bond donors (Lipinski definition) is 1. The number of aryl methyl sites for hydroxylation is 1. The number of halogens is 1. The lowest BCUT2D eigenvalue weighted by Gasteiger charge is -2.12. The summed E-state index contributed by atoms with van der Waals surface area (Å²) in [5.41, 5.74) is 2.96. The number of rotatable bonds is 6. The molecule has 0 radical (unpaired) electrons. The first-order valence-electron chi connectivity index (χ1n) is 8.69. The number of anilines is 1. The van der Waals surface area contributed by atoms with Gasteiger partial charge in [0.25, 0.3) is 0 Å². The lowest BCUT2D eigenvalue weighted by molar-refractivity contribution is -0.115. The standard InChI is InChI=1S/C20H21ClN4OS/c1-4-14-5-11-17(12-6-14)22-19(26)13(2)27-20-24-23-18(25(20)3)15-7-9-16(21)10-8-15/h5-13H,4H2,1-3H3,(H,22,26). The number of benzene rings is 2. The van der Waals surface area contributed by atoms with Crippen LogP contribution < -0.4 is 5.32 Å². The Labute approximate surface area is 168 Å². The van der Waals surface area contributed by atoms with Crippen LogP contribution in [-0.2, 0) is 18.3 Å². The highest BCUT2D eigenvalue weighted by Gasteiger charge is 2.19. The Morgan fingerprint density at radius 1 is 1.15 bits per heavy atom. The average molecular weight is 401 g/mol. The monoisotopic (exact) mass is 400 g/mol. The van der Waals surface area contributed by atoms with Crippen molar-refractivity contribution in [2.24, 2.45) is 7.05 Å². The predicted molar refractivity (Wildman–Crippen MR) is 111 cm³/mol. The first-order chi connectivity index (χ1) is 13.0. The van der Waals surface area contributed by atoms with Crippen LogP contribution in [0.1, 0.15) is 19.4 Å². The maximum Gasteiger partial charge on any atom is 0.237 e. The Kier molecular flexibility index (Phi) is 6.19. The summed E-state index contributed by atoms with van der Waals surface area (Å²) in [5.74, 6) is 0.664. The molecule has 27 heavy (non-hydrogen) atoms. The Balaban J connectivity index is 1.67. The van der Waals surface area contributed by atoms with E-state index < -0.39 is 0 Å². The van der Waals surface area contributed by atoms with E-state index >= 15 is 0 Å². The lowest BCUT2D eigenvalue weighted by atomic mass is 10.1. The van der Waals surface area contributed by atoms with Crippen molar-refractivity contribution in [1.82, 2.24) is 14.8 Å². The molecule has 0 aliphatic heterocycles. The van der Waals surface area contributed by atoms with Crippen LogP contribution in [0.25, 0.3) is 11.4 Å². The molecule has 1 atom stereocenters. The van der Waals surface area contributed by atoms with E-state index in [9.17, 15) is 4.79 Å². The molecule has 0 fully saturated rings. The van der Waals surface area contributed by atoms with Crippen LogP contribution in [0.2, 0.25) is 5.02 Å². The summed E-state index contributed by atoms with van der Waals surface area (Å²) >= 11 is 7.31. The van der Waals surface area contributed by atoms with Gasteiger partial charge in [-0.05, 0) is 55.3 Å². The Bertz CT molecular complexity index is 922. The molecule has 140 valence electrons. The molecule has 2 aromatic carbocycles. The predicted octanol–water partition coefficient (Wildman–Crippen LogP) is 4.82. The quantitative estimate of drug-likeness (QED) is 0.603. The van der Waals surface area contributed by atoms with E-state index in [1.807, 2.05) is 67.1 Å². The molecule has 5 nitrogen and oxygen atoms in total. The fourth-order valence-corrected chi connectivity index (χ4v) is 3.49. The highest BCUT2D eigenvalue weighted by Crippen LogP contribution is 2.27. The van der Waals surface area contributed by atoms with Crippen LogP contribution in [0.5, 0.6) is 0 Å². The van der Waals surface area contributed by atoms with Crippen molar-refractivity contribution < 1.29 is 4.79 Å². The molecule has 1 amide bonds. The second-order valence-corrected chi connectivity index (χ2v) is 7.92. The van der Waals surface area contributed by atoms with Gasteiger partial charge in [0.05, 0.1) is 5.25 Å². The molecular weight excluding hydrogens is 380 g/mol. The normalized spacial score (nSPS) is 12.0. The molecule has 7 heteroatoms. The summed E-state index contributed by atoms with van der Waals surface area (Å²) in [6.45, 7) is 3.96. The molecule has 0 aliphatic carbocycles. The van der Waals surface area contributed by atoms with Crippen LogP contribution in [0.4, 0.5) is 5.69 Å². The first kappa shape index (κ1) is 19.5. The van der Waals surface area contributed by atoms with Gasteiger partial charge in [-0.2, -0.15) is 0 Å². The molecule has 1 aromatic heterocycles. The minimum atomic E-state index is -0.309. The molecule has 0 spiro atoms. The lowest BCUT2D eigenvalue weighted by Crippen LogP contribution is -2.22. The molecule has 0 bridgehead atoms. The van der Waals surface area contributed by atoms with Gasteiger partial charge in [0.15, 0.2) is 11.0 Å². The van der Waals surface area contributed by atoms with Crippen molar-refractivity contribution in [1.29, 1.82) is 0 Å². The second-order valence-electron chi connectivity index (χ2n) is 6.17. The van der Waals surface area contributed by atoms with Crippen molar-refractivity contribution in [2.45, 2.75) is 30.7 Å². The zero-order valence-corrected chi connectivity index (χ0v) is 17.0. The number of hydrogen-bond acceptors (Lipinski definition) is 4. The van der Waals surface area contributed by atoms with Gasteiger partial charge < -0.3 is 9.88 Å². The summed E-state index contributed by atoms with van der Waals surface area (Å²) in [4.78, 5) is 12.5. The molecule has 1 heterocycles. The van der Waals surface area contributed by atoms with Crippen molar-refractivity contribution in [3.63, 3.8) is 0 Å². The summed E-state index contributed by atoms with van der Waals surface area (Å²) in [7, 11) is 1.89. The summed E-state index contributed by atoms with van der Waals surface area (Å²) < 4.78 is 1.88. The molecule has 0 saturated carbocycles. The number of carbonyl (C=O) groups excluding carboxylic acids is 1. The first-order valence-corrected chi connectivity index (χ1v) is 9.95. The summed E-state index contributed by atoms with van der Waals surface area (Å²) in [6.07, 6.45) is 0.975. The highest BCUT2D eigenvalue weighted by molar-refractivity contribution is 8.00. The Hall–Kier alpha value is -2.31. The van der Waals surface area contributed by atoms with E-state index in [2.05, 4.69) is 22.4 Å². The van der Waals surface area contributed by atoms with Gasteiger partial charge in [0.2, 0.25) is 5.91 Å². The molecule has 3 rings (SSSR count). The smallest absolute Gasteiger partial charge is 0.237 e. The number of thioether (sulfide) groups is 1. The number of carbonyl (C=O) groups is 1. The minimum Gasteiger partial charge on any atom is -0.325 e. The molecule has 1 unspecified atom stereocenters. The van der Waals surface area contributed by atoms with E-state index in [0.717, 1.165) is 23.5 Å². The number of nitrogens with one attached hydrogen (secondary N) is 1. The van der Waals surface area contributed by atoms with Gasteiger partial charge in [-0.25, -0.2) is 0 Å². The van der Waals surface area contributed by atoms with Crippen molar-refractivity contribution >= 4 is 35.0 Å². The Morgan fingerprint density at radius 2 is 1.81 bits per heavy atom. The third-order valence-electron chi connectivity index (χ3n) is 4.22. The fraction of sp³-hybridized carbons (Fsp3) is 0.250. The summed E-state index contributed by atoms with van der Waals surface area (Å²) in [6, 6.07) is 15.3. The van der Waals surface area contributed by atoms with E-state index in [4.69, 9.17) is 11.6 Å². The molecule has 0 saturated heterocycles.